The van der Waals surface area contributed by atoms with Crippen LogP contribution in [0.15, 0.2) is 21.1 Å². The minimum absolute atomic E-state index is 0.143. The van der Waals surface area contributed by atoms with Crippen LogP contribution in [0, 0.1) is 11.3 Å². The molecule has 0 aliphatic heterocycles. The van der Waals surface area contributed by atoms with Crippen molar-refractivity contribution in [3.63, 3.8) is 0 Å². The molecular weight excluding hydrogens is 338 g/mol. The molecule has 0 N–H and O–H groups in total. The fraction of sp³-hybridized carbons (Fsp3) is 0.273. The number of nitrogens with zero attached hydrogens (tertiary/aromatic N) is 1. The summed E-state index contributed by atoms with van der Waals surface area (Å²) in [5.41, 5.74) is 1.24. The van der Waals surface area contributed by atoms with Gasteiger partial charge in [-0.2, -0.15) is 5.26 Å². The zero-order valence-electron chi connectivity index (χ0n) is 8.59. The Morgan fingerprint density at radius 3 is 2.75 bits per heavy atom. The fourth-order valence-electron chi connectivity index (χ4n) is 1.20. The molecule has 1 rings (SSSR count). The van der Waals surface area contributed by atoms with E-state index >= 15 is 0 Å². The van der Waals surface area contributed by atoms with Crippen molar-refractivity contribution in [1.82, 2.24) is 0 Å². The van der Waals surface area contributed by atoms with Crippen molar-refractivity contribution in [3.8, 4) is 6.07 Å². The molecule has 0 saturated heterocycles. The number of rotatable bonds is 3. The summed E-state index contributed by atoms with van der Waals surface area (Å²) in [6, 6.07) is 5.48. The van der Waals surface area contributed by atoms with Crippen LogP contribution >= 0.6 is 31.9 Å². The highest BCUT2D eigenvalue weighted by Gasteiger charge is 2.14. The van der Waals surface area contributed by atoms with Gasteiger partial charge in [0.25, 0.3) is 0 Å². The summed E-state index contributed by atoms with van der Waals surface area (Å²) in [6.45, 7) is 2.11. The molecule has 0 aromatic heterocycles. The number of halogens is 2. The first-order chi connectivity index (χ1) is 7.60. The van der Waals surface area contributed by atoms with Crippen LogP contribution in [0.2, 0.25) is 0 Å². The highest BCUT2D eigenvalue weighted by Crippen LogP contribution is 2.29. The van der Waals surface area contributed by atoms with Gasteiger partial charge in [0.15, 0.2) is 0 Å². The minimum Gasteiger partial charge on any atom is -0.466 e. The normalized spacial score (nSPS) is 9.62. The zero-order valence-corrected chi connectivity index (χ0v) is 11.8. The summed E-state index contributed by atoms with van der Waals surface area (Å²) < 4.78 is 6.29. The summed E-state index contributed by atoms with van der Waals surface area (Å²) >= 11 is 6.65. The highest BCUT2D eigenvalue weighted by atomic mass is 79.9. The van der Waals surface area contributed by atoms with Crippen molar-refractivity contribution in [2.24, 2.45) is 0 Å². The molecule has 84 valence electrons. The van der Waals surface area contributed by atoms with E-state index in [1.165, 1.54) is 0 Å². The molecule has 5 heteroatoms. The summed E-state index contributed by atoms with van der Waals surface area (Å²) in [7, 11) is 0. The molecule has 0 heterocycles. The van der Waals surface area contributed by atoms with E-state index in [9.17, 15) is 4.79 Å². The number of hydrogen-bond donors (Lipinski definition) is 0. The van der Waals surface area contributed by atoms with Crippen molar-refractivity contribution in [3.05, 3.63) is 32.2 Å². The lowest BCUT2D eigenvalue weighted by Crippen LogP contribution is -2.08. The molecule has 1 aromatic carbocycles. The van der Waals surface area contributed by atoms with Gasteiger partial charge in [-0.25, -0.2) is 0 Å². The Labute approximate surface area is 111 Å². The number of benzene rings is 1. The van der Waals surface area contributed by atoms with Crippen LogP contribution in [-0.4, -0.2) is 12.6 Å². The third-order valence-corrected chi connectivity index (χ3v) is 3.58. The Kier molecular flexibility index (Phi) is 4.97. The van der Waals surface area contributed by atoms with Crippen LogP contribution in [0.3, 0.4) is 0 Å². The second-order valence-electron chi connectivity index (χ2n) is 2.98. The molecule has 0 atom stereocenters. The van der Waals surface area contributed by atoms with E-state index in [1.54, 1.807) is 19.1 Å². The second-order valence-corrected chi connectivity index (χ2v) is 4.63. The van der Waals surface area contributed by atoms with Crippen LogP contribution in [-0.2, 0) is 16.0 Å². The minimum atomic E-state index is -0.306. The van der Waals surface area contributed by atoms with Crippen molar-refractivity contribution in [1.29, 1.82) is 5.26 Å². The monoisotopic (exact) mass is 345 g/mol. The Bertz CT molecular complexity index is 452. The van der Waals surface area contributed by atoms with Gasteiger partial charge in [0.05, 0.1) is 18.6 Å². The quantitative estimate of drug-likeness (QED) is 0.790. The maximum atomic E-state index is 11.4. The predicted octanol–water partition coefficient (Wildman–Crippen LogP) is 3.19. The van der Waals surface area contributed by atoms with Gasteiger partial charge in [-0.1, -0.05) is 15.9 Å². The van der Waals surface area contributed by atoms with Crippen LogP contribution in [0.5, 0.6) is 0 Å². The van der Waals surface area contributed by atoms with E-state index in [1.807, 2.05) is 6.07 Å². The Morgan fingerprint density at radius 2 is 2.19 bits per heavy atom. The maximum absolute atomic E-state index is 11.4. The molecule has 0 unspecified atom stereocenters. The lowest BCUT2D eigenvalue weighted by atomic mass is 10.1. The summed E-state index contributed by atoms with van der Waals surface area (Å²) in [5.74, 6) is -0.306. The van der Waals surface area contributed by atoms with E-state index in [2.05, 4.69) is 31.9 Å². The number of carbonyl (C=O) groups excluding carboxylic acids is 1. The zero-order chi connectivity index (χ0) is 12.1. The first-order valence-electron chi connectivity index (χ1n) is 4.62. The Morgan fingerprint density at radius 1 is 1.50 bits per heavy atom. The lowest BCUT2D eigenvalue weighted by molar-refractivity contribution is -0.142. The Balaban J connectivity index is 3.04. The number of nitriles is 1. The molecule has 0 saturated carbocycles. The van der Waals surface area contributed by atoms with Crippen molar-refractivity contribution in [2.75, 3.05) is 6.61 Å². The van der Waals surface area contributed by atoms with Gasteiger partial charge in [0.1, 0.15) is 6.07 Å². The van der Waals surface area contributed by atoms with Crippen LogP contribution in [0.25, 0.3) is 0 Å². The van der Waals surface area contributed by atoms with E-state index in [-0.39, 0.29) is 12.4 Å². The van der Waals surface area contributed by atoms with Gasteiger partial charge < -0.3 is 4.74 Å². The van der Waals surface area contributed by atoms with Crippen molar-refractivity contribution in [2.45, 2.75) is 13.3 Å². The van der Waals surface area contributed by atoms with Gasteiger partial charge in [-0.15, -0.1) is 0 Å². The van der Waals surface area contributed by atoms with Crippen molar-refractivity contribution >= 4 is 37.8 Å². The van der Waals surface area contributed by atoms with E-state index in [0.29, 0.717) is 16.6 Å². The summed E-state index contributed by atoms with van der Waals surface area (Å²) in [6.07, 6.45) is 0.143. The third kappa shape index (κ3) is 3.06. The van der Waals surface area contributed by atoms with Crippen LogP contribution in [0.4, 0.5) is 0 Å². The average Bonchev–Trinajstić information content (AvgIpc) is 2.25. The van der Waals surface area contributed by atoms with Gasteiger partial charge in [-0.05, 0) is 40.5 Å². The molecule has 0 fully saturated rings. The van der Waals surface area contributed by atoms with Crippen LogP contribution in [0.1, 0.15) is 18.1 Å². The molecule has 3 nitrogen and oxygen atoms in total. The largest absolute Gasteiger partial charge is 0.466 e. The standard InChI is InChI=1S/C11H9Br2NO2/c1-2-16-10(15)5-8-9(12)4-3-7(6-14)11(8)13/h3-4H,2,5H2,1H3. The average molecular weight is 347 g/mol. The van der Waals surface area contributed by atoms with E-state index < -0.39 is 0 Å². The molecule has 1 aromatic rings. The van der Waals surface area contributed by atoms with Gasteiger partial charge in [0, 0.05) is 8.95 Å². The smallest absolute Gasteiger partial charge is 0.310 e. The lowest BCUT2D eigenvalue weighted by Gasteiger charge is -2.08. The number of ether oxygens (including phenoxy) is 1. The first-order valence-corrected chi connectivity index (χ1v) is 6.21. The number of carbonyl (C=O) groups is 1. The molecular formula is C11H9Br2NO2. The Hall–Kier alpha value is -0.860. The maximum Gasteiger partial charge on any atom is 0.310 e. The van der Waals surface area contributed by atoms with Crippen molar-refractivity contribution < 1.29 is 9.53 Å². The SMILES string of the molecule is CCOC(=O)Cc1c(Br)ccc(C#N)c1Br. The topological polar surface area (TPSA) is 50.1 Å². The first kappa shape index (κ1) is 13.2. The predicted molar refractivity (Wildman–Crippen MR) is 66.9 cm³/mol. The fourth-order valence-corrected chi connectivity index (χ4v) is 2.51. The summed E-state index contributed by atoms with van der Waals surface area (Å²) in [5, 5.41) is 8.86. The number of hydrogen-bond acceptors (Lipinski definition) is 3. The highest BCUT2D eigenvalue weighted by molar-refractivity contribution is 9.11. The van der Waals surface area contributed by atoms with Crippen LogP contribution < -0.4 is 0 Å². The number of esters is 1. The second kappa shape index (κ2) is 6.02. The van der Waals surface area contributed by atoms with Gasteiger partial charge in [-0.3, -0.25) is 4.79 Å². The summed E-state index contributed by atoms with van der Waals surface area (Å²) in [4.78, 5) is 11.4. The molecule has 0 aliphatic carbocycles. The van der Waals surface area contributed by atoms with E-state index in [4.69, 9.17) is 10.00 Å². The van der Waals surface area contributed by atoms with E-state index in [0.717, 1.165) is 10.0 Å². The molecule has 16 heavy (non-hydrogen) atoms. The molecule has 0 aliphatic rings. The molecule has 0 radical (unpaired) electrons. The van der Waals surface area contributed by atoms with Gasteiger partial charge >= 0.3 is 5.97 Å². The van der Waals surface area contributed by atoms with Gasteiger partial charge in [0.2, 0.25) is 0 Å². The third-order valence-electron chi connectivity index (χ3n) is 1.93. The molecule has 0 bridgehead atoms. The molecule has 0 amide bonds. The molecule has 0 spiro atoms.